The average Bonchev–Trinajstić information content (AvgIpc) is 3.16. The number of carbonyl (C=O) groups excluding carboxylic acids is 1. The van der Waals surface area contributed by atoms with Crippen molar-refractivity contribution in [2.45, 2.75) is 0 Å². The Kier molecular flexibility index (Phi) is 4.64. The summed E-state index contributed by atoms with van der Waals surface area (Å²) in [6.07, 6.45) is 6.86. The second kappa shape index (κ2) is 7.40. The first kappa shape index (κ1) is 17.5. The van der Waals surface area contributed by atoms with Crippen LogP contribution < -0.4 is 10.5 Å². The zero-order chi connectivity index (χ0) is 19.5. The Morgan fingerprint density at radius 2 is 1.89 bits per heavy atom. The number of ether oxygens (including phenoxy) is 1. The summed E-state index contributed by atoms with van der Waals surface area (Å²) in [6, 6.07) is 17.9. The fourth-order valence-corrected chi connectivity index (χ4v) is 3.19. The van der Waals surface area contributed by atoms with Crippen molar-refractivity contribution < 1.29 is 9.53 Å². The third kappa shape index (κ3) is 3.50. The number of nitrogens with two attached hydrogens (primary N) is 1. The van der Waals surface area contributed by atoms with Gasteiger partial charge in [0.2, 0.25) is 5.91 Å². The Morgan fingerprint density at radius 1 is 1.07 bits per heavy atom. The lowest BCUT2D eigenvalue weighted by atomic mass is 10.0. The van der Waals surface area contributed by atoms with Gasteiger partial charge in [-0.05, 0) is 47.0 Å². The number of rotatable bonds is 5. The van der Waals surface area contributed by atoms with Crippen molar-refractivity contribution in [1.29, 1.82) is 0 Å². The lowest BCUT2D eigenvalue weighted by molar-refractivity contribution is -0.113. The molecule has 0 aliphatic carbocycles. The van der Waals surface area contributed by atoms with Crippen molar-refractivity contribution in [3.05, 3.63) is 78.6 Å². The smallest absolute Gasteiger partial charge is 0.241 e. The van der Waals surface area contributed by atoms with Gasteiger partial charge in [0.05, 0.1) is 7.11 Å². The maximum atomic E-state index is 11.0. The fourth-order valence-electron chi connectivity index (χ4n) is 3.19. The van der Waals surface area contributed by atoms with E-state index in [1.807, 2.05) is 60.9 Å². The van der Waals surface area contributed by atoms with Crippen LogP contribution in [0, 0.1) is 0 Å². The van der Waals surface area contributed by atoms with Gasteiger partial charge in [-0.3, -0.25) is 4.79 Å². The first-order valence-corrected chi connectivity index (χ1v) is 8.83. The van der Waals surface area contributed by atoms with Gasteiger partial charge >= 0.3 is 0 Å². The highest BCUT2D eigenvalue weighted by atomic mass is 16.5. The van der Waals surface area contributed by atoms with Gasteiger partial charge in [0.1, 0.15) is 11.4 Å². The van der Waals surface area contributed by atoms with Crippen LogP contribution in [0.15, 0.2) is 73.1 Å². The summed E-state index contributed by atoms with van der Waals surface area (Å²) in [6.45, 7) is 0. The molecule has 0 saturated heterocycles. The Morgan fingerprint density at radius 3 is 2.71 bits per heavy atom. The van der Waals surface area contributed by atoms with Gasteiger partial charge in [-0.1, -0.05) is 30.3 Å². The topological polar surface area (TPSA) is 81.0 Å². The third-order valence-electron chi connectivity index (χ3n) is 4.57. The van der Waals surface area contributed by atoms with Crippen LogP contribution in [0.25, 0.3) is 39.4 Å². The van der Waals surface area contributed by atoms with E-state index in [2.05, 4.69) is 16.0 Å². The van der Waals surface area contributed by atoms with Crippen molar-refractivity contribution >= 4 is 23.0 Å². The Balaban J connectivity index is 1.78. The molecule has 0 unspecified atom stereocenters. The van der Waals surface area contributed by atoms with E-state index in [0.717, 1.165) is 44.6 Å². The van der Waals surface area contributed by atoms with E-state index in [0.29, 0.717) is 0 Å². The van der Waals surface area contributed by atoms with Gasteiger partial charge in [0.25, 0.3) is 0 Å². The largest absolute Gasteiger partial charge is 0.497 e. The first-order chi connectivity index (χ1) is 13.6. The number of aromatic nitrogens is 2. The number of pyridine rings is 1. The van der Waals surface area contributed by atoms with Crippen LogP contribution in [0.5, 0.6) is 5.75 Å². The SMILES string of the molecule is COc1cccc(-c2c[nH]c3ncc(-c4cccc(C=CC(N)=O)c4)cc23)c1. The molecule has 5 nitrogen and oxygen atoms in total. The van der Waals surface area contributed by atoms with Crippen LogP contribution in [0.4, 0.5) is 0 Å². The number of hydrogen-bond donors (Lipinski definition) is 2. The summed E-state index contributed by atoms with van der Waals surface area (Å²) in [5, 5.41) is 1.03. The second-order valence-electron chi connectivity index (χ2n) is 6.42. The van der Waals surface area contributed by atoms with E-state index in [-0.39, 0.29) is 0 Å². The molecular formula is C23H19N3O2. The minimum atomic E-state index is -0.469. The van der Waals surface area contributed by atoms with Gasteiger partial charge in [0.15, 0.2) is 0 Å². The molecule has 0 fully saturated rings. The molecule has 0 aliphatic heterocycles. The van der Waals surface area contributed by atoms with Gasteiger partial charge in [-0.2, -0.15) is 0 Å². The van der Waals surface area contributed by atoms with E-state index in [1.54, 1.807) is 13.2 Å². The first-order valence-electron chi connectivity index (χ1n) is 8.83. The number of carbonyl (C=O) groups is 1. The normalized spacial score (nSPS) is 11.2. The molecule has 0 radical (unpaired) electrons. The van der Waals surface area contributed by atoms with Crippen molar-refractivity contribution in [1.82, 2.24) is 9.97 Å². The highest BCUT2D eigenvalue weighted by molar-refractivity contribution is 5.96. The van der Waals surface area contributed by atoms with E-state index < -0.39 is 5.91 Å². The molecule has 28 heavy (non-hydrogen) atoms. The fraction of sp³-hybridized carbons (Fsp3) is 0.0435. The number of aromatic amines is 1. The number of nitrogens with zero attached hydrogens (tertiary/aromatic N) is 1. The zero-order valence-corrected chi connectivity index (χ0v) is 15.3. The molecule has 2 heterocycles. The monoisotopic (exact) mass is 369 g/mol. The molecule has 0 saturated carbocycles. The molecule has 0 bridgehead atoms. The summed E-state index contributed by atoms with van der Waals surface area (Å²) in [5.41, 5.74) is 11.0. The summed E-state index contributed by atoms with van der Waals surface area (Å²) in [5.74, 6) is 0.341. The zero-order valence-electron chi connectivity index (χ0n) is 15.3. The van der Waals surface area contributed by atoms with Crippen molar-refractivity contribution in [2.75, 3.05) is 7.11 Å². The maximum absolute atomic E-state index is 11.0. The molecule has 138 valence electrons. The number of nitrogens with one attached hydrogen (secondary N) is 1. The van der Waals surface area contributed by atoms with Gasteiger partial charge in [-0.15, -0.1) is 0 Å². The van der Waals surface area contributed by atoms with Crippen LogP contribution in [0.1, 0.15) is 5.56 Å². The molecule has 4 aromatic rings. The summed E-state index contributed by atoms with van der Waals surface area (Å²) in [7, 11) is 1.66. The van der Waals surface area contributed by atoms with E-state index in [1.165, 1.54) is 6.08 Å². The molecule has 2 aromatic carbocycles. The number of primary amides is 1. The average molecular weight is 369 g/mol. The standard InChI is InChI=1S/C23H19N3O2/c1-28-19-7-3-6-17(11-19)21-14-26-23-20(21)12-18(13-25-23)16-5-2-4-15(10-16)8-9-22(24)27/h2-14H,1H3,(H2,24,27)(H,25,26). The number of methoxy groups -OCH3 is 1. The van der Waals surface area contributed by atoms with Crippen LogP contribution >= 0.6 is 0 Å². The Bertz CT molecular complexity index is 1190. The Labute approximate surface area is 162 Å². The number of amides is 1. The minimum Gasteiger partial charge on any atom is -0.497 e. The van der Waals surface area contributed by atoms with E-state index in [9.17, 15) is 4.79 Å². The number of fused-ring (bicyclic) bond motifs is 1. The molecule has 0 atom stereocenters. The van der Waals surface area contributed by atoms with E-state index >= 15 is 0 Å². The number of hydrogen-bond acceptors (Lipinski definition) is 3. The highest BCUT2D eigenvalue weighted by Gasteiger charge is 2.10. The third-order valence-corrected chi connectivity index (χ3v) is 4.57. The molecule has 1 amide bonds. The predicted octanol–water partition coefficient (Wildman–Crippen LogP) is 4.40. The molecular weight excluding hydrogens is 350 g/mol. The van der Waals surface area contributed by atoms with Gasteiger partial charge in [0, 0.05) is 35.0 Å². The van der Waals surface area contributed by atoms with Crippen LogP contribution in [-0.2, 0) is 4.79 Å². The molecule has 5 heteroatoms. The molecule has 3 N–H and O–H groups in total. The van der Waals surface area contributed by atoms with Crippen LogP contribution in [0.2, 0.25) is 0 Å². The molecule has 4 rings (SSSR count). The second-order valence-corrected chi connectivity index (χ2v) is 6.42. The predicted molar refractivity (Wildman–Crippen MR) is 112 cm³/mol. The summed E-state index contributed by atoms with van der Waals surface area (Å²) in [4.78, 5) is 18.8. The highest BCUT2D eigenvalue weighted by Crippen LogP contribution is 2.32. The Hall–Kier alpha value is -3.86. The van der Waals surface area contributed by atoms with Crippen LogP contribution in [0.3, 0.4) is 0 Å². The van der Waals surface area contributed by atoms with Crippen molar-refractivity contribution in [2.24, 2.45) is 5.73 Å². The number of benzene rings is 2. The molecule has 0 aliphatic rings. The maximum Gasteiger partial charge on any atom is 0.241 e. The van der Waals surface area contributed by atoms with Crippen molar-refractivity contribution in [3.63, 3.8) is 0 Å². The van der Waals surface area contributed by atoms with Crippen molar-refractivity contribution in [3.8, 4) is 28.0 Å². The summed E-state index contributed by atoms with van der Waals surface area (Å²) < 4.78 is 5.35. The quantitative estimate of drug-likeness (QED) is 0.512. The lowest BCUT2D eigenvalue weighted by Crippen LogP contribution is -2.05. The number of H-pyrrole nitrogens is 1. The molecule has 2 aromatic heterocycles. The van der Waals surface area contributed by atoms with E-state index in [4.69, 9.17) is 10.5 Å². The molecule has 0 spiro atoms. The minimum absolute atomic E-state index is 0.469. The lowest BCUT2D eigenvalue weighted by Gasteiger charge is -2.06. The van der Waals surface area contributed by atoms with Gasteiger partial charge in [-0.25, -0.2) is 4.98 Å². The summed E-state index contributed by atoms with van der Waals surface area (Å²) >= 11 is 0. The van der Waals surface area contributed by atoms with Crippen LogP contribution in [-0.4, -0.2) is 23.0 Å². The van der Waals surface area contributed by atoms with Gasteiger partial charge < -0.3 is 15.5 Å².